The molecule has 1 aliphatic rings. The van der Waals surface area contributed by atoms with E-state index in [4.69, 9.17) is 10.8 Å². The standard InChI is InChI=1S/C14H17N3O4/c15-13(20)9-2-1-3-10(6-9)16-14(21)17-11(7-12(18)19)8-4-5-8/h1-3,6,8,11H,4-5,7H2,(H2,15,20)(H,18,19)(H2,16,17,21). The molecule has 5 N–H and O–H groups in total. The number of rotatable bonds is 6. The smallest absolute Gasteiger partial charge is 0.319 e. The Morgan fingerprint density at radius 3 is 2.62 bits per heavy atom. The Kier molecular flexibility index (Phi) is 4.42. The highest BCUT2D eigenvalue weighted by Gasteiger charge is 2.33. The summed E-state index contributed by atoms with van der Waals surface area (Å²) in [5.74, 6) is -1.30. The number of hydrogen-bond acceptors (Lipinski definition) is 3. The molecule has 1 saturated carbocycles. The van der Waals surface area contributed by atoms with Crippen molar-refractivity contribution in [3.8, 4) is 0 Å². The van der Waals surface area contributed by atoms with E-state index in [0.29, 0.717) is 5.69 Å². The lowest BCUT2D eigenvalue weighted by Gasteiger charge is -2.16. The highest BCUT2D eigenvalue weighted by atomic mass is 16.4. The van der Waals surface area contributed by atoms with Gasteiger partial charge in [0.1, 0.15) is 0 Å². The van der Waals surface area contributed by atoms with E-state index in [-0.39, 0.29) is 23.9 Å². The van der Waals surface area contributed by atoms with E-state index < -0.39 is 17.9 Å². The van der Waals surface area contributed by atoms with E-state index in [9.17, 15) is 14.4 Å². The van der Waals surface area contributed by atoms with Gasteiger partial charge in [0.05, 0.1) is 6.42 Å². The van der Waals surface area contributed by atoms with Crippen LogP contribution in [0, 0.1) is 5.92 Å². The van der Waals surface area contributed by atoms with Gasteiger partial charge in [-0.25, -0.2) is 4.79 Å². The SMILES string of the molecule is NC(=O)c1cccc(NC(=O)NC(CC(=O)O)C2CC2)c1. The second-order valence-electron chi connectivity index (χ2n) is 5.09. The Labute approximate surface area is 121 Å². The van der Waals surface area contributed by atoms with Crippen molar-refractivity contribution in [3.63, 3.8) is 0 Å². The van der Waals surface area contributed by atoms with Gasteiger partial charge in [0.15, 0.2) is 0 Å². The van der Waals surface area contributed by atoms with Crippen LogP contribution in [0.3, 0.4) is 0 Å². The van der Waals surface area contributed by atoms with Crippen LogP contribution in [0.2, 0.25) is 0 Å². The summed E-state index contributed by atoms with van der Waals surface area (Å²) in [6, 6.07) is 5.37. The number of benzene rings is 1. The van der Waals surface area contributed by atoms with Gasteiger partial charge < -0.3 is 21.5 Å². The summed E-state index contributed by atoms with van der Waals surface area (Å²) in [6.45, 7) is 0. The normalized spacial score (nSPS) is 15.0. The number of amides is 3. The molecule has 0 bridgehead atoms. The number of nitrogens with two attached hydrogens (primary N) is 1. The molecule has 1 aromatic rings. The topological polar surface area (TPSA) is 122 Å². The number of hydrogen-bond donors (Lipinski definition) is 4. The van der Waals surface area contributed by atoms with Gasteiger partial charge in [0, 0.05) is 17.3 Å². The van der Waals surface area contributed by atoms with Crippen molar-refractivity contribution in [3.05, 3.63) is 29.8 Å². The van der Waals surface area contributed by atoms with Crippen molar-refractivity contribution in [2.24, 2.45) is 11.7 Å². The summed E-state index contributed by atoms with van der Waals surface area (Å²) in [5.41, 5.74) is 5.88. The zero-order valence-electron chi connectivity index (χ0n) is 11.3. The van der Waals surface area contributed by atoms with Crippen LogP contribution in [0.25, 0.3) is 0 Å². The first-order chi connectivity index (χ1) is 9.95. The molecule has 1 atom stereocenters. The first kappa shape index (κ1) is 14.8. The van der Waals surface area contributed by atoms with Crippen LogP contribution in [0.1, 0.15) is 29.6 Å². The minimum Gasteiger partial charge on any atom is -0.481 e. The number of nitrogens with one attached hydrogen (secondary N) is 2. The molecular formula is C14H17N3O4. The number of carbonyl (C=O) groups excluding carboxylic acids is 2. The first-order valence-corrected chi connectivity index (χ1v) is 6.65. The van der Waals surface area contributed by atoms with Crippen molar-refractivity contribution >= 4 is 23.6 Å². The molecular weight excluding hydrogens is 274 g/mol. The molecule has 7 nitrogen and oxygen atoms in total. The van der Waals surface area contributed by atoms with Gasteiger partial charge in [0.25, 0.3) is 0 Å². The number of aliphatic carboxylic acids is 1. The van der Waals surface area contributed by atoms with E-state index in [1.165, 1.54) is 6.07 Å². The minimum absolute atomic E-state index is 0.0978. The van der Waals surface area contributed by atoms with Gasteiger partial charge in [-0.2, -0.15) is 0 Å². The molecule has 0 aliphatic heterocycles. The first-order valence-electron chi connectivity index (χ1n) is 6.65. The Morgan fingerprint density at radius 2 is 2.05 bits per heavy atom. The second-order valence-corrected chi connectivity index (χ2v) is 5.09. The van der Waals surface area contributed by atoms with Crippen molar-refractivity contribution in [2.45, 2.75) is 25.3 Å². The number of anilines is 1. The van der Waals surface area contributed by atoms with Crippen LogP contribution in [-0.4, -0.2) is 29.1 Å². The van der Waals surface area contributed by atoms with Crippen molar-refractivity contribution in [1.82, 2.24) is 5.32 Å². The maximum absolute atomic E-state index is 11.9. The van der Waals surface area contributed by atoms with E-state index in [1.54, 1.807) is 18.2 Å². The lowest BCUT2D eigenvalue weighted by Crippen LogP contribution is -2.40. The number of urea groups is 1. The fourth-order valence-electron chi connectivity index (χ4n) is 2.11. The van der Waals surface area contributed by atoms with Crippen LogP contribution in [0.15, 0.2) is 24.3 Å². The van der Waals surface area contributed by atoms with Gasteiger partial charge >= 0.3 is 12.0 Å². The summed E-state index contributed by atoms with van der Waals surface area (Å²) in [5, 5.41) is 14.1. The molecule has 1 unspecified atom stereocenters. The molecule has 1 aliphatic carbocycles. The van der Waals surface area contributed by atoms with Gasteiger partial charge in [0.2, 0.25) is 5.91 Å². The maximum Gasteiger partial charge on any atom is 0.319 e. The molecule has 1 aromatic carbocycles. The van der Waals surface area contributed by atoms with Crippen LogP contribution in [0.5, 0.6) is 0 Å². The number of primary amides is 1. The third kappa shape index (κ3) is 4.48. The zero-order chi connectivity index (χ0) is 15.4. The molecule has 0 saturated heterocycles. The van der Waals surface area contributed by atoms with E-state index in [0.717, 1.165) is 12.8 Å². The average molecular weight is 291 g/mol. The third-order valence-electron chi connectivity index (χ3n) is 3.31. The molecule has 0 heterocycles. The Balaban J connectivity index is 1.95. The predicted molar refractivity (Wildman–Crippen MR) is 75.9 cm³/mol. The van der Waals surface area contributed by atoms with E-state index >= 15 is 0 Å². The van der Waals surface area contributed by atoms with Crippen LogP contribution in [-0.2, 0) is 4.79 Å². The van der Waals surface area contributed by atoms with Gasteiger partial charge in [-0.1, -0.05) is 6.07 Å². The van der Waals surface area contributed by atoms with Crippen molar-refractivity contribution < 1.29 is 19.5 Å². The summed E-state index contributed by atoms with van der Waals surface area (Å²) in [7, 11) is 0. The van der Waals surface area contributed by atoms with Gasteiger partial charge in [-0.15, -0.1) is 0 Å². The molecule has 0 aromatic heterocycles. The fourth-order valence-corrected chi connectivity index (χ4v) is 2.11. The highest BCUT2D eigenvalue weighted by molar-refractivity contribution is 5.96. The molecule has 1 fully saturated rings. The Morgan fingerprint density at radius 1 is 1.33 bits per heavy atom. The monoisotopic (exact) mass is 291 g/mol. The summed E-state index contributed by atoms with van der Waals surface area (Å²) < 4.78 is 0. The van der Waals surface area contributed by atoms with Crippen molar-refractivity contribution in [2.75, 3.05) is 5.32 Å². The number of carboxylic acids is 1. The quantitative estimate of drug-likeness (QED) is 0.628. The Hall–Kier alpha value is -2.57. The Bertz CT molecular complexity index is 569. The largest absolute Gasteiger partial charge is 0.481 e. The predicted octanol–water partition coefficient (Wildman–Crippen LogP) is 1.16. The summed E-state index contributed by atoms with van der Waals surface area (Å²) >= 11 is 0. The van der Waals surface area contributed by atoms with Crippen LogP contribution < -0.4 is 16.4 Å². The second kappa shape index (κ2) is 6.25. The lowest BCUT2D eigenvalue weighted by atomic mass is 10.1. The number of carboxylic acid groups (broad SMARTS) is 1. The lowest BCUT2D eigenvalue weighted by molar-refractivity contribution is -0.137. The molecule has 21 heavy (non-hydrogen) atoms. The molecule has 112 valence electrons. The molecule has 2 rings (SSSR count). The molecule has 0 radical (unpaired) electrons. The summed E-state index contributed by atoms with van der Waals surface area (Å²) in [6.07, 6.45) is 1.75. The highest BCUT2D eigenvalue weighted by Crippen LogP contribution is 2.34. The van der Waals surface area contributed by atoms with Gasteiger partial charge in [-0.3, -0.25) is 9.59 Å². The fraction of sp³-hybridized carbons (Fsp3) is 0.357. The third-order valence-corrected chi connectivity index (χ3v) is 3.31. The van der Waals surface area contributed by atoms with E-state index in [1.807, 2.05) is 0 Å². The maximum atomic E-state index is 11.9. The van der Waals surface area contributed by atoms with Crippen LogP contribution >= 0.6 is 0 Å². The zero-order valence-corrected chi connectivity index (χ0v) is 11.3. The van der Waals surface area contributed by atoms with E-state index in [2.05, 4.69) is 10.6 Å². The summed E-state index contributed by atoms with van der Waals surface area (Å²) in [4.78, 5) is 33.7. The van der Waals surface area contributed by atoms with Crippen LogP contribution in [0.4, 0.5) is 10.5 Å². The number of carbonyl (C=O) groups is 3. The molecule has 7 heteroatoms. The van der Waals surface area contributed by atoms with Gasteiger partial charge in [-0.05, 0) is 37.0 Å². The average Bonchev–Trinajstić information content (AvgIpc) is 3.21. The molecule has 0 spiro atoms. The van der Waals surface area contributed by atoms with Crippen molar-refractivity contribution in [1.29, 1.82) is 0 Å². The minimum atomic E-state index is -0.942. The molecule has 3 amide bonds.